The first-order valence-corrected chi connectivity index (χ1v) is 9.67. The van der Waals surface area contributed by atoms with E-state index in [0.717, 1.165) is 22.9 Å². The second kappa shape index (κ2) is 8.62. The zero-order valence-electron chi connectivity index (χ0n) is 16.3. The molecule has 0 radical (unpaired) electrons. The van der Waals surface area contributed by atoms with Crippen LogP contribution in [0.4, 0.5) is 0 Å². The summed E-state index contributed by atoms with van der Waals surface area (Å²) in [6.07, 6.45) is 2.31. The first-order valence-electron chi connectivity index (χ1n) is 9.67. The van der Waals surface area contributed by atoms with Crippen molar-refractivity contribution >= 4 is 28.6 Å². The van der Waals surface area contributed by atoms with Gasteiger partial charge in [-0.3, -0.25) is 19.3 Å². The maximum absolute atomic E-state index is 13.1. The number of carbonyl (C=O) groups is 3. The lowest BCUT2D eigenvalue weighted by molar-refractivity contribution is -0.134. The molecule has 9 nitrogen and oxygen atoms in total. The minimum absolute atomic E-state index is 0.310. The summed E-state index contributed by atoms with van der Waals surface area (Å²) in [6, 6.07) is 5.19. The van der Waals surface area contributed by atoms with Crippen LogP contribution in [0.5, 0.6) is 0 Å². The molecule has 0 aliphatic carbocycles. The minimum atomic E-state index is -1.22. The van der Waals surface area contributed by atoms with Gasteiger partial charge in [-0.05, 0) is 44.4 Å². The van der Waals surface area contributed by atoms with E-state index in [2.05, 4.69) is 10.3 Å². The molecule has 1 fully saturated rings. The van der Waals surface area contributed by atoms with Gasteiger partial charge in [0, 0.05) is 17.1 Å². The maximum Gasteiger partial charge on any atom is 0.242 e. The van der Waals surface area contributed by atoms with Gasteiger partial charge in [-0.25, -0.2) is 0 Å². The monoisotopic (exact) mass is 401 g/mol. The Morgan fingerprint density at radius 3 is 2.69 bits per heavy atom. The van der Waals surface area contributed by atoms with Crippen molar-refractivity contribution < 1.29 is 19.5 Å². The van der Waals surface area contributed by atoms with Crippen molar-refractivity contribution in [2.45, 2.75) is 50.4 Å². The summed E-state index contributed by atoms with van der Waals surface area (Å²) < 4.78 is 0. The van der Waals surface area contributed by atoms with Gasteiger partial charge in [-0.1, -0.05) is 18.2 Å². The molecule has 156 valence electrons. The van der Waals surface area contributed by atoms with Crippen LogP contribution in [-0.2, 0) is 20.8 Å². The summed E-state index contributed by atoms with van der Waals surface area (Å²) in [7, 11) is 0. The summed E-state index contributed by atoms with van der Waals surface area (Å²) in [6.45, 7) is 1.91. The van der Waals surface area contributed by atoms with Gasteiger partial charge in [0.05, 0.1) is 18.2 Å². The fraction of sp³-hybridized carbons (Fsp3) is 0.450. The predicted octanol–water partition coefficient (Wildman–Crippen LogP) is -0.620. The molecule has 2 heterocycles. The molecule has 0 saturated carbocycles. The molecule has 7 N–H and O–H groups in total. The summed E-state index contributed by atoms with van der Waals surface area (Å²) in [5.41, 5.74) is 12.7. The lowest BCUT2D eigenvalue weighted by Gasteiger charge is -2.32. The normalized spacial score (nSPS) is 20.3. The molecule has 0 bridgehead atoms. The van der Waals surface area contributed by atoms with Gasteiger partial charge < -0.3 is 26.9 Å². The molecule has 2 aromatic rings. The van der Waals surface area contributed by atoms with E-state index in [1.165, 1.54) is 6.92 Å². The maximum atomic E-state index is 13.1. The number of rotatable bonds is 8. The lowest BCUT2D eigenvalue weighted by Crippen LogP contribution is -2.58. The highest BCUT2D eigenvalue weighted by molar-refractivity contribution is 5.91. The minimum Gasteiger partial charge on any atom is -0.391 e. The van der Waals surface area contributed by atoms with E-state index in [0.29, 0.717) is 19.4 Å². The molecule has 1 aliphatic heterocycles. The number of aromatic nitrogens is 1. The number of H-pyrrole nitrogens is 1. The van der Waals surface area contributed by atoms with Gasteiger partial charge in [-0.15, -0.1) is 0 Å². The zero-order chi connectivity index (χ0) is 21.1. The Balaban J connectivity index is 1.92. The average molecular weight is 401 g/mol. The third-order valence-corrected chi connectivity index (χ3v) is 5.50. The van der Waals surface area contributed by atoms with Crippen molar-refractivity contribution in [3.8, 4) is 0 Å². The molecular formula is C20H27N5O4. The Bertz CT molecular complexity index is 909. The summed E-state index contributed by atoms with van der Waals surface area (Å²) in [4.78, 5) is 41.7. The van der Waals surface area contributed by atoms with Crippen LogP contribution in [0.25, 0.3) is 10.9 Å². The predicted molar refractivity (Wildman–Crippen MR) is 108 cm³/mol. The van der Waals surface area contributed by atoms with Crippen molar-refractivity contribution in [3.63, 3.8) is 0 Å². The molecule has 0 spiro atoms. The highest BCUT2D eigenvalue weighted by Crippen LogP contribution is 2.25. The van der Waals surface area contributed by atoms with Gasteiger partial charge in [0.1, 0.15) is 6.04 Å². The van der Waals surface area contributed by atoms with E-state index in [-0.39, 0.29) is 0 Å². The summed E-state index contributed by atoms with van der Waals surface area (Å²) in [5, 5.41) is 13.3. The van der Waals surface area contributed by atoms with E-state index in [9.17, 15) is 19.5 Å². The SMILES string of the molecule is C[C@@H](O)[C@H](NC(=O)[C@H](Cc1c[nH]c2ccccc12)N1CCCC1C(N)=O)C(N)=O. The number of hydrogen-bond acceptors (Lipinski definition) is 5. The molecule has 4 atom stereocenters. The highest BCUT2D eigenvalue weighted by atomic mass is 16.3. The van der Waals surface area contributed by atoms with Crippen molar-refractivity contribution in [1.82, 2.24) is 15.2 Å². The molecule has 3 amide bonds. The number of nitrogens with one attached hydrogen (secondary N) is 2. The number of fused-ring (bicyclic) bond motifs is 1. The molecule has 1 unspecified atom stereocenters. The number of aliphatic hydroxyl groups is 1. The number of amides is 3. The van der Waals surface area contributed by atoms with Gasteiger partial charge >= 0.3 is 0 Å². The second-order valence-corrected chi connectivity index (χ2v) is 7.51. The van der Waals surface area contributed by atoms with Gasteiger partial charge in [-0.2, -0.15) is 0 Å². The lowest BCUT2D eigenvalue weighted by atomic mass is 10.0. The number of aromatic amines is 1. The Morgan fingerprint density at radius 1 is 1.31 bits per heavy atom. The number of para-hydroxylation sites is 1. The van der Waals surface area contributed by atoms with Gasteiger partial charge in [0.2, 0.25) is 17.7 Å². The molecule has 9 heteroatoms. The number of benzene rings is 1. The van der Waals surface area contributed by atoms with Crippen LogP contribution < -0.4 is 16.8 Å². The molecule has 1 saturated heterocycles. The Hall–Kier alpha value is -2.91. The number of carbonyl (C=O) groups excluding carboxylic acids is 3. The van der Waals surface area contributed by atoms with E-state index in [1.54, 1.807) is 4.90 Å². The molecule has 3 rings (SSSR count). The van der Waals surface area contributed by atoms with Crippen LogP contribution in [-0.4, -0.2) is 63.5 Å². The number of aliphatic hydroxyl groups excluding tert-OH is 1. The number of likely N-dealkylation sites (tertiary alicyclic amines) is 1. The van der Waals surface area contributed by atoms with Crippen LogP contribution >= 0.6 is 0 Å². The average Bonchev–Trinajstić information content (AvgIpc) is 3.30. The second-order valence-electron chi connectivity index (χ2n) is 7.51. The van der Waals surface area contributed by atoms with Gasteiger partial charge in [0.15, 0.2) is 0 Å². The van der Waals surface area contributed by atoms with Crippen molar-refractivity contribution in [1.29, 1.82) is 0 Å². The van der Waals surface area contributed by atoms with Gasteiger partial charge in [0.25, 0.3) is 0 Å². The van der Waals surface area contributed by atoms with E-state index < -0.39 is 42.0 Å². The quantitative estimate of drug-likeness (QED) is 0.399. The summed E-state index contributed by atoms with van der Waals surface area (Å²) >= 11 is 0. The molecule has 29 heavy (non-hydrogen) atoms. The van der Waals surface area contributed by atoms with Crippen LogP contribution in [0.1, 0.15) is 25.3 Å². The Kier molecular flexibility index (Phi) is 6.19. The van der Waals surface area contributed by atoms with Crippen LogP contribution in [0, 0.1) is 0 Å². The summed E-state index contributed by atoms with van der Waals surface area (Å²) in [5.74, 6) is -1.79. The van der Waals surface area contributed by atoms with Crippen LogP contribution in [0.3, 0.4) is 0 Å². The zero-order valence-corrected chi connectivity index (χ0v) is 16.3. The third kappa shape index (κ3) is 4.41. The largest absolute Gasteiger partial charge is 0.391 e. The Labute approximate surface area is 168 Å². The van der Waals surface area contributed by atoms with Crippen LogP contribution in [0.15, 0.2) is 30.5 Å². The highest BCUT2D eigenvalue weighted by Gasteiger charge is 2.39. The molecule has 1 aliphatic rings. The number of hydrogen-bond donors (Lipinski definition) is 5. The first-order chi connectivity index (χ1) is 13.8. The Morgan fingerprint density at radius 2 is 2.03 bits per heavy atom. The van der Waals surface area contributed by atoms with Crippen LogP contribution in [0.2, 0.25) is 0 Å². The first kappa shape index (κ1) is 20.8. The van der Waals surface area contributed by atoms with Crippen molar-refractivity contribution in [3.05, 3.63) is 36.0 Å². The standard InChI is InChI=1S/C20H27N5O4/c1-11(26)17(19(22)28)24-20(29)16(25-8-4-7-15(25)18(21)27)9-12-10-23-14-6-3-2-5-13(12)14/h2-3,5-6,10-11,15-17,23,26H,4,7-9H2,1H3,(H2,21,27)(H2,22,28)(H,24,29)/t11-,15?,16+,17+/m1/s1. The third-order valence-electron chi connectivity index (χ3n) is 5.50. The molecule has 1 aromatic carbocycles. The number of nitrogens with zero attached hydrogens (tertiary/aromatic N) is 1. The van der Waals surface area contributed by atoms with E-state index in [4.69, 9.17) is 11.5 Å². The fourth-order valence-electron chi connectivity index (χ4n) is 4.02. The number of nitrogens with two attached hydrogens (primary N) is 2. The van der Waals surface area contributed by atoms with Crippen molar-refractivity contribution in [2.75, 3.05) is 6.54 Å². The number of primary amides is 2. The van der Waals surface area contributed by atoms with E-state index in [1.807, 2.05) is 30.5 Å². The van der Waals surface area contributed by atoms with Crippen molar-refractivity contribution in [2.24, 2.45) is 11.5 Å². The fourth-order valence-corrected chi connectivity index (χ4v) is 4.02. The van der Waals surface area contributed by atoms with E-state index >= 15 is 0 Å². The molecule has 1 aromatic heterocycles. The smallest absolute Gasteiger partial charge is 0.242 e. The molecular weight excluding hydrogens is 374 g/mol. The topological polar surface area (TPSA) is 155 Å².